The van der Waals surface area contributed by atoms with Gasteiger partial charge in [0.25, 0.3) is 10.1 Å². The van der Waals surface area contributed by atoms with Gasteiger partial charge in [0.15, 0.2) is 0 Å². The van der Waals surface area contributed by atoms with Crippen molar-refractivity contribution in [2.75, 3.05) is 12.5 Å². The molecule has 0 aromatic rings. The molecule has 0 bridgehead atoms. The first-order chi connectivity index (χ1) is 7.91. The Kier molecular flexibility index (Phi) is 6.32. The van der Waals surface area contributed by atoms with Crippen LogP contribution in [0.3, 0.4) is 0 Å². The lowest BCUT2D eigenvalue weighted by Crippen LogP contribution is -2.21. The van der Waals surface area contributed by atoms with Crippen LogP contribution in [0.4, 0.5) is 0 Å². The van der Waals surface area contributed by atoms with Crippen LogP contribution in [0.2, 0.25) is 0 Å². The van der Waals surface area contributed by atoms with Crippen molar-refractivity contribution in [3.63, 3.8) is 0 Å². The maximum atomic E-state index is 10.9. The number of allylic oxidation sites excluding steroid dienone is 2. The first kappa shape index (κ1) is 17.4. The monoisotopic (exact) mass is 300 g/mol. The summed E-state index contributed by atoms with van der Waals surface area (Å²) >= 11 is 0. The Labute approximate surface area is 109 Å². The fraction of sp³-hybridized carbons (Fsp3) is 0.800. The van der Waals surface area contributed by atoms with E-state index in [1.54, 1.807) is 19.9 Å². The van der Waals surface area contributed by atoms with Gasteiger partial charge in [-0.2, -0.15) is 16.8 Å². The van der Waals surface area contributed by atoms with Gasteiger partial charge in [0.05, 0.1) is 18.6 Å². The highest BCUT2D eigenvalue weighted by molar-refractivity contribution is 7.86. The SMILES string of the molecule is CC(=CCC(C)[C@H](C)OS(C)(=O)=O)OS(C)(=O)=O. The molecule has 0 fully saturated rings. The highest BCUT2D eigenvalue weighted by atomic mass is 32.2. The number of hydrogen-bond acceptors (Lipinski definition) is 6. The zero-order valence-corrected chi connectivity index (χ0v) is 12.8. The van der Waals surface area contributed by atoms with Crippen LogP contribution in [-0.2, 0) is 28.6 Å². The van der Waals surface area contributed by atoms with Crippen molar-refractivity contribution in [1.82, 2.24) is 0 Å². The predicted octanol–water partition coefficient (Wildman–Crippen LogP) is 1.26. The van der Waals surface area contributed by atoms with E-state index in [0.717, 1.165) is 12.5 Å². The number of rotatable bonds is 7. The third-order valence-electron chi connectivity index (χ3n) is 2.19. The smallest absolute Gasteiger partial charge is 0.305 e. The van der Waals surface area contributed by atoms with Crippen LogP contribution in [-0.4, -0.2) is 35.5 Å². The molecule has 0 heterocycles. The Morgan fingerprint density at radius 1 is 1.11 bits per heavy atom. The summed E-state index contributed by atoms with van der Waals surface area (Å²) in [5, 5.41) is 0. The standard InChI is InChI=1S/C10H20O6S2/c1-8(10(3)16-18(5,13)14)6-7-9(2)15-17(4,11)12/h7-8,10H,6H2,1-5H3/t8?,10-/m0/s1. The second-order valence-electron chi connectivity index (χ2n) is 4.32. The first-order valence-electron chi connectivity index (χ1n) is 5.35. The van der Waals surface area contributed by atoms with Gasteiger partial charge < -0.3 is 4.18 Å². The van der Waals surface area contributed by atoms with Gasteiger partial charge in [-0.15, -0.1) is 0 Å². The molecular formula is C10H20O6S2. The lowest BCUT2D eigenvalue weighted by atomic mass is 10.0. The van der Waals surface area contributed by atoms with Gasteiger partial charge in [0, 0.05) is 0 Å². The lowest BCUT2D eigenvalue weighted by molar-refractivity contribution is 0.171. The molecule has 2 atom stereocenters. The van der Waals surface area contributed by atoms with E-state index in [0.29, 0.717) is 6.42 Å². The fourth-order valence-electron chi connectivity index (χ4n) is 1.19. The molecule has 108 valence electrons. The molecule has 0 aromatic heterocycles. The van der Waals surface area contributed by atoms with E-state index >= 15 is 0 Å². The van der Waals surface area contributed by atoms with Crippen LogP contribution in [0.5, 0.6) is 0 Å². The van der Waals surface area contributed by atoms with Gasteiger partial charge in [-0.3, -0.25) is 4.18 Å². The molecule has 1 unspecified atom stereocenters. The van der Waals surface area contributed by atoms with Crippen molar-refractivity contribution in [2.45, 2.75) is 33.3 Å². The van der Waals surface area contributed by atoms with E-state index in [1.165, 1.54) is 6.92 Å². The molecule has 6 nitrogen and oxygen atoms in total. The maximum Gasteiger partial charge on any atom is 0.305 e. The largest absolute Gasteiger partial charge is 0.388 e. The predicted molar refractivity (Wildman–Crippen MR) is 68.9 cm³/mol. The molecule has 0 aliphatic rings. The average Bonchev–Trinajstić information content (AvgIpc) is 2.08. The minimum atomic E-state index is -3.52. The second kappa shape index (κ2) is 6.53. The van der Waals surface area contributed by atoms with Gasteiger partial charge in [0.1, 0.15) is 5.76 Å². The molecule has 0 saturated heterocycles. The Morgan fingerprint density at radius 2 is 1.61 bits per heavy atom. The van der Waals surface area contributed by atoms with Crippen LogP contribution < -0.4 is 0 Å². The summed E-state index contributed by atoms with van der Waals surface area (Å²) in [5.41, 5.74) is 0. The quantitative estimate of drug-likeness (QED) is 0.519. The molecule has 0 aliphatic heterocycles. The topological polar surface area (TPSA) is 86.7 Å². The maximum absolute atomic E-state index is 10.9. The van der Waals surface area contributed by atoms with Crippen LogP contribution in [0.25, 0.3) is 0 Å². The summed E-state index contributed by atoms with van der Waals surface area (Å²) in [6.45, 7) is 4.97. The summed E-state index contributed by atoms with van der Waals surface area (Å²) < 4.78 is 53.0. The van der Waals surface area contributed by atoms with E-state index in [1.807, 2.05) is 0 Å². The molecule has 0 amide bonds. The summed E-state index contributed by atoms with van der Waals surface area (Å²) in [5.74, 6) is 0.175. The second-order valence-corrected chi connectivity index (χ2v) is 7.50. The van der Waals surface area contributed by atoms with Crippen molar-refractivity contribution >= 4 is 20.2 Å². The molecule has 0 rings (SSSR count). The summed E-state index contributed by atoms with van der Waals surface area (Å²) in [6.07, 6.45) is 3.52. The molecule has 0 aromatic carbocycles. The molecular weight excluding hydrogens is 280 g/mol. The zero-order valence-electron chi connectivity index (χ0n) is 11.2. The van der Waals surface area contributed by atoms with Crippen LogP contribution in [0, 0.1) is 5.92 Å². The van der Waals surface area contributed by atoms with Gasteiger partial charge >= 0.3 is 10.1 Å². The Hall–Kier alpha value is -0.600. The first-order valence-corrected chi connectivity index (χ1v) is 8.98. The van der Waals surface area contributed by atoms with Gasteiger partial charge in [-0.05, 0) is 32.3 Å². The van der Waals surface area contributed by atoms with E-state index in [4.69, 9.17) is 4.18 Å². The molecule has 0 radical (unpaired) electrons. The third-order valence-corrected chi connectivity index (χ3v) is 3.41. The minimum absolute atomic E-state index is 0.0853. The minimum Gasteiger partial charge on any atom is -0.388 e. The summed E-state index contributed by atoms with van der Waals surface area (Å²) in [7, 11) is -7.00. The normalized spacial score (nSPS) is 17.3. The van der Waals surface area contributed by atoms with Crippen molar-refractivity contribution in [1.29, 1.82) is 0 Å². The highest BCUT2D eigenvalue weighted by Gasteiger charge is 2.17. The molecule has 8 heteroatoms. The van der Waals surface area contributed by atoms with Gasteiger partial charge in [0.2, 0.25) is 0 Å². The van der Waals surface area contributed by atoms with Crippen LogP contribution >= 0.6 is 0 Å². The molecule has 0 saturated carbocycles. The molecule has 0 spiro atoms. The molecule has 0 N–H and O–H groups in total. The third kappa shape index (κ3) is 9.43. The van der Waals surface area contributed by atoms with Crippen molar-refractivity contribution in [3.8, 4) is 0 Å². The summed E-state index contributed by atoms with van der Waals surface area (Å²) in [4.78, 5) is 0. The Balaban J connectivity index is 4.41. The highest BCUT2D eigenvalue weighted by Crippen LogP contribution is 2.15. The summed E-state index contributed by atoms with van der Waals surface area (Å²) in [6, 6.07) is 0. The van der Waals surface area contributed by atoms with E-state index in [9.17, 15) is 16.8 Å². The molecule has 18 heavy (non-hydrogen) atoms. The van der Waals surface area contributed by atoms with Crippen LogP contribution in [0.1, 0.15) is 27.2 Å². The Morgan fingerprint density at radius 3 is 2.00 bits per heavy atom. The number of hydrogen-bond donors (Lipinski definition) is 0. The zero-order chi connectivity index (χ0) is 14.6. The lowest BCUT2D eigenvalue weighted by Gasteiger charge is -2.17. The van der Waals surface area contributed by atoms with Crippen molar-refractivity contribution in [2.24, 2.45) is 5.92 Å². The van der Waals surface area contributed by atoms with E-state index in [-0.39, 0.29) is 11.7 Å². The van der Waals surface area contributed by atoms with E-state index in [2.05, 4.69) is 4.18 Å². The van der Waals surface area contributed by atoms with Crippen LogP contribution in [0.15, 0.2) is 11.8 Å². The molecule has 0 aliphatic carbocycles. The fourth-order valence-corrected chi connectivity index (χ4v) is 2.47. The van der Waals surface area contributed by atoms with Gasteiger partial charge in [-0.1, -0.05) is 6.92 Å². The Bertz CT molecular complexity index is 488. The van der Waals surface area contributed by atoms with Gasteiger partial charge in [-0.25, -0.2) is 0 Å². The van der Waals surface area contributed by atoms with Crippen molar-refractivity contribution in [3.05, 3.63) is 11.8 Å². The van der Waals surface area contributed by atoms with E-state index < -0.39 is 26.3 Å². The van der Waals surface area contributed by atoms with Crippen molar-refractivity contribution < 1.29 is 25.2 Å². The average molecular weight is 300 g/mol.